The van der Waals surface area contributed by atoms with Gasteiger partial charge < -0.3 is 54.3 Å². The summed E-state index contributed by atoms with van der Waals surface area (Å²) >= 11 is 0. The topological polar surface area (TPSA) is 197 Å². The Morgan fingerprint density at radius 2 is 1.36 bits per heavy atom. The van der Waals surface area contributed by atoms with Crippen molar-refractivity contribution in [3.8, 4) is 0 Å². The summed E-state index contributed by atoms with van der Waals surface area (Å²) in [6, 6.07) is 0. The highest BCUT2D eigenvalue weighted by atomic mass is 17.1. The lowest BCUT2D eigenvalue weighted by atomic mass is 9.93. The highest BCUT2D eigenvalue weighted by molar-refractivity contribution is 4.92. The van der Waals surface area contributed by atoms with Gasteiger partial charge in [0.1, 0.15) is 49.3 Å². The third-order valence-corrected chi connectivity index (χ3v) is 6.37. The Morgan fingerprint density at radius 1 is 0.758 bits per heavy atom. The van der Waals surface area contributed by atoms with Crippen molar-refractivity contribution >= 4 is 0 Å². The van der Waals surface area contributed by atoms with Crippen molar-refractivity contribution in [2.75, 3.05) is 19.8 Å². The van der Waals surface area contributed by atoms with Crippen LogP contribution in [0.4, 0.5) is 0 Å². The zero-order valence-corrected chi connectivity index (χ0v) is 18.5. The predicted molar refractivity (Wildman–Crippen MR) is 107 cm³/mol. The van der Waals surface area contributed by atoms with E-state index in [1.54, 1.807) is 6.92 Å². The molecule has 2 saturated heterocycles. The highest BCUT2D eigenvalue weighted by Crippen LogP contribution is 2.32. The lowest BCUT2D eigenvalue weighted by Crippen LogP contribution is -2.62. The number of aliphatic hydroxyl groups excluding tert-OH is 6. The van der Waals surface area contributed by atoms with Crippen LogP contribution in [0.5, 0.6) is 0 Å². The largest absolute Gasteiger partial charge is 0.394 e. The fourth-order valence-electron chi connectivity index (χ4n) is 4.43. The molecule has 33 heavy (non-hydrogen) atoms. The van der Waals surface area contributed by atoms with Gasteiger partial charge in [-0.15, -0.1) is 0 Å². The minimum Gasteiger partial charge on any atom is -0.394 e. The molecule has 0 amide bonds. The molecule has 2 aliphatic heterocycles. The van der Waals surface area contributed by atoms with E-state index in [0.29, 0.717) is 12.8 Å². The Morgan fingerprint density at radius 3 is 1.94 bits per heavy atom. The molecule has 0 bridgehead atoms. The van der Waals surface area contributed by atoms with Gasteiger partial charge in [0.05, 0.1) is 31.5 Å². The number of hydrogen-bond donors (Lipinski definition) is 7. The molecule has 12 atom stereocenters. The van der Waals surface area contributed by atoms with Crippen molar-refractivity contribution in [2.24, 2.45) is 0 Å². The van der Waals surface area contributed by atoms with Gasteiger partial charge >= 0.3 is 0 Å². The molecule has 2 heterocycles. The molecule has 0 radical (unpaired) electrons. The molecule has 13 heteroatoms. The summed E-state index contributed by atoms with van der Waals surface area (Å²) in [5.41, 5.74) is 0. The molecular weight excluding hydrogens is 448 g/mol. The van der Waals surface area contributed by atoms with Crippen LogP contribution in [0, 0.1) is 0 Å². The van der Waals surface area contributed by atoms with Gasteiger partial charge in [0.15, 0.2) is 12.6 Å². The molecule has 0 aromatic heterocycles. The third kappa shape index (κ3) is 6.38. The summed E-state index contributed by atoms with van der Waals surface area (Å²) in [5, 5.41) is 69.3. The minimum atomic E-state index is -1.46. The second-order valence-electron chi connectivity index (χ2n) is 8.69. The molecule has 7 N–H and O–H groups in total. The van der Waals surface area contributed by atoms with Crippen molar-refractivity contribution < 1.29 is 64.5 Å². The van der Waals surface area contributed by atoms with Crippen molar-refractivity contribution in [1.29, 1.82) is 0 Å². The van der Waals surface area contributed by atoms with Crippen LogP contribution in [-0.2, 0) is 28.6 Å². The second kappa shape index (κ2) is 12.4. The molecule has 8 unspecified atom stereocenters. The summed E-state index contributed by atoms with van der Waals surface area (Å²) in [6.07, 6.45) is -10.8. The normalized spacial score (nSPS) is 46.9. The minimum absolute atomic E-state index is 0.126. The van der Waals surface area contributed by atoms with E-state index < -0.39 is 80.2 Å². The zero-order valence-electron chi connectivity index (χ0n) is 18.5. The summed E-state index contributed by atoms with van der Waals surface area (Å²) in [7, 11) is 0. The molecule has 0 spiro atoms. The third-order valence-electron chi connectivity index (χ3n) is 6.37. The Kier molecular flexibility index (Phi) is 10.2. The molecule has 0 aromatic carbocycles. The fourth-order valence-corrected chi connectivity index (χ4v) is 4.43. The smallest absolute Gasteiger partial charge is 0.187 e. The summed E-state index contributed by atoms with van der Waals surface area (Å²) in [4.78, 5) is 3.94. The lowest BCUT2D eigenvalue weighted by Gasteiger charge is -2.45. The zero-order chi connectivity index (χ0) is 24.1. The van der Waals surface area contributed by atoms with Crippen molar-refractivity contribution in [1.82, 2.24) is 0 Å². The van der Waals surface area contributed by atoms with Gasteiger partial charge in [0, 0.05) is 0 Å². The fraction of sp³-hybridized carbons (Fsp3) is 1.00. The maximum atomic E-state index is 10.7. The van der Waals surface area contributed by atoms with E-state index >= 15 is 0 Å². The lowest BCUT2D eigenvalue weighted by molar-refractivity contribution is -0.345. The molecule has 3 rings (SSSR count). The summed E-state index contributed by atoms with van der Waals surface area (Å²) < 4.78 is 28.4. The Balaban J connectivity index is 1.66. The van der Waals surface area contributed by atoms with E-state index in [-0.39, 0.29) is 13.2 Å². The molecular formula is C20H36O13. The first kappa shape index (κ1) is 27.1. The number of rotatable bonds is 9. The van der Waals surface area contributed by atoms with Crippen LogP contribution in [0.2, 0.25) is 0 Å². The van der Waals surface area contributed by atoms with Crippen molar-refractivity contribution in [2.45, 2.75) is 106 Å². The molecule has 194 valence electrons. The average molecular weight is 484 g/mol. The van der Waals surface area contributed by atoms with E-state index in [1.165, 1.54) is 0 Å². The van der Waals surface area contributed by atoms with Crippen LogP contribution >= 0.6 is 0 Å². The van der Waals surface area contributed by atoms with E-state index in [4.69, 9.17) is 28.9 Å². The average Bonchev–Trinajstić information content (AvgIpc) is 2.81. The SMILES string of the molecule is CC1O[C@@H](OC2CCCC[C@H]2OC2OC(CO)[C@H](O)C(OCCOO)C2O)C(O)C(O)[C@@H]1O. The quantitative estimate of drug-likeness (QED) is 0.103. The Bertz CT molecular complexity index is 582. The van der Waals surface area contributed by atoms with E-state index in [9.17, 15) is 30.6 Å². The van der Waals surface area contributed by atoms with Gasteiger partial charge in [-0.2, -0.15) is 0 Å². The van der Waals surface area contributed by atoms with Gasteiger partial charge in [-0.05, 0) is 19.8 Å². The number of hydrogen-bond acceptors (Lipinski definition) is 13. The maximum absolute atomic E-state index is 10.7. The summed E-state index contributed by atoms with van der Waals surface area (Å²) in [6.45, 7) is 0.695. The van der Waals surface area contributed by atoms with E-state index in [1.807, 2.05) is 0 Å². The van der Waals surface area contributed by atoms with E-state index in [2.05, 4.69) is 4.89 Å². The Hall–Kier alpha value is -0.520. The van der Waals surface area contributed by atoms with Crippen LogP contribution in [0.25, 0.3) is 0 Å². The number of ether oxygens (including phenoxy) is 5. The van der Waals surface area contributed by atoms with Gasteiger partial charge in [-0.3, -0.25) is 5.26 Å². The standard InChI is InChI=1S/C20H36O13/c1-9-13(22)15(24)16(25)19(30-9)31-10-4-2-3-5-11(10)32-20-17(26)18(28-6-7-29-27)14(23)12(8-21)33-20/h9-27H,2-8H2,1H3/t9?,10?,11-,12?,13-,14+,15?,16?,17?,18?,19+,20?/m1/s1. The first-order valence-corrected chi connectivity index (χ1v) is 11.3. The molecule has 13 nitrogen and oxygen atoms in total. The molecule has 0 aromatic rings. The molecule has 3 aliphatic rings. The maximum Gasteiger partial charge on any atom is 0.187 e. The predicted octanol–water partition coefficient (Wildman–Crippen LogP) is -2.53. The second-order valence-corrected chi connectivity index (χ2v) is 8.69. The summed E-state index contributed by atoms with van der Waals surface area (Å²) in [5.74, 6) is 0. The van der Waals surface area contributed by atoms with Crippen LogP contribution < -0.4 is 0 Å². The van der Waals surface area contributed by atoms with Crippen molar-refractivity contribution in [3.05, 3.63) is 0 Å². The molecule has 1 aliphatic carbocycles. The highest BCUT2D eigenvalue weighted by Gasteiger charge is 2.48. The first-order chi connectivity index (χ1) is 15.8. The first-order valence-electron chi connectivity index (χ1n) is 11.3. The van der Waals surface area contributed by atoms with Crippen LogP contribution in [0.3, 0.4) is 0 Å². The molecule has 3 fully saturated rings. The van der Waals surface area contributed by atoms with Gasteiger partial charge in [0.2, 0.25) is 0 Å². The van der Waals surface area contributed by atoms with Crippen molar-refractivity contribution in [3.63, 3.8) is 0 Å². The molecule has 1 saturated carbocycles. The Labute approximate surface area is 191 Å². The monoisotopic (exact) mass is 484 g/mol. The van der Waals surface area contributed by atoms with E-state index in [0.717, 1.165) is 12.8 Å². The number of aliphatic hydroxyl groups is 6. The van der Waals surface area contributed by atoms with Gasteiger partial charge in [-0.25, -0.2) is 4.89 Å². The van der Waals surface area contributed by atoms with Gasteiger partial charge in [0.25, 0.3) is 0 Å². The van der Waals surface area contributed by atoms with Gasteiger partial charge in [-0.1, -0.05) is 12.8 Å². The van der Waals surface area contributed by atoms with Crippen LogP contribution in [-0.4, -0.2) is 129 Å². The van der Waals surface area contributed by atoms with Crippen LogP contribution in [0.15, 0.2) is 0 Å². The van der Waals surface area contributed by atoms with Crippen LogP contribution in [0.1, 0.15) is 32.6 Å².